The lowest BCUT2D eigenvalue weighted by atomic mass is 10.1. The van der Waals surface area contributed by atoms with E-state index in [1.165, 1.54) is 12.1 Å². The topological polar surface area (TPSA) is 102 Å². The molecule has 8 heteroatoms. The van der Waals surface area contributed by atoms with Gasteiger partial charge in [0.2, 0.25) is 15.9 Å². The van der Waals surface area contributed by atoms with Crippen LogP contribution in [-0.2, 0) is 19.6 Å². The number of rotatable bonds is 4. The number of nitrogens with zero attached hydrogens (tertiary/aromatic N) is 1. The molecule has 128 valence electrons. The van der Waals surface area contributed by atoms with Gasteiger partial charge in [0, 0.05) is 18.8 Å². The minimum atomic E-state index is -3.79. The second-order valence-corrected chi connectivity index (χ2v) is 7.51. The molecular weight excluding hydrogens is 318 g/mol. The van der Waals surface area contributed by atoms with Gasteiger partial charge in [0.25, 0.3) is 0 Å². The Bertz CT molecular complexity index is 667. The second kappa shape index (κ2) is 6.96. The summed E-state index contributed by atoms with van der Waals surface area (Å²) < 4.78 is 28.4. The van der Waals surface area contributed by atoms with Crippen molar-refractivity contribution in [2.24, 2.45) is 5.14 Å². The molecule has 0 aromatic heterocycles. The van der Waals surface area contributed by atoms with Gasteiger partial charge < -0.3 is 10.1 Å². The molecule has 1 saturated heterocycles. The Morgan fingerprint density at radius 3 is 2.52 bits per heavy atom. The van der Waals surface area contributed by atoms with Crippen molar-refractivity contribution in [3.05, 3.63) is 24.3 Å². The summed E-state index contributed by atoms with van der Waals surface area (Å²) in [5, 5.41) is 7.84. The highest BCUT2D eigenvalue weighted by atomic mass is 32.2. The summed E-state index contributed by atoms with van der Waals surface area (Å²) in [6, 6.07) is 5.56. The second-order valence-electron chi connectivity index (χ2n) is 5.95. The van der Waals surface area contributed by atoms with Crippen LogP contribution in [0.3, 0.4) is 0 Å². The van der Waals surface area contributed by atoms with Crippen LogP contribution in [-0.4, -0.2) is 50.6 Å². The van der Waals surface area contributed by atoms with Crippen LogP contribution in [0.1, 0.15) is 20.8 Å². The summed E-state index contributed by atoms with van der Waals surface area (Å²) in [7, 11) is -3.79. The molecular formula is C15H23N3O4S. The molecule has 2 rings (SSSR count). The molecule has 0 aliphatic carbocycles. The smallest absolute Gasteiger partial charge is 0.241 e. The number of hydrogen-bond acceptors (Lipinski definition) is 5. The average Bonchev–Trinajstić information content (AvgIpc) is 2.44. The Morgan fingerprint density at radius 2 is 1.96 bits per heavy atom. The van der Waals surface area contributed by atoms with Gasteiger partial charge in [-0.3, -0.25) is 9.69 Å². The number of anilines is 1. The minimum absolute atomic E-state index is 0.0310. The lowest BCUT2D eigenvalue weighted by Gasteiger charge is -2.38. The van der Waals surface area contributed by atoms with Gasteiger partial charge in [0.05, 0.1) is 23.1 Å². The van der Waals surface area contributed by atoms with Crippen molar-refractivity contribution >= 4 is 21.6 Å². The van der Waals surface area contributed by atoms with Crippen LogP contribution >= 0.6 is 0 Å². The van der Waals surface area contributed by atoms with Crippen LogP contribution in [0.15, 0.2) is 29.2 Å². The number of ether oxygens (including phenoxy) is 1. The molecule has 3 N–H and O–H groups in total. The predicted octanol–water partition coefficient (Wildman–Crippen LogP) is 0.770. The summed E-state index contributed by atoms with van der Waals surface area (Å²) in [6.45, 7) is 7.13. The normalized spacial score (nSPS) is 24.2. The number of nitrogens with one attached hydrogen (secondary N) is 1. The maximum atomic E-state index is 12.4. The van der Waals surface area contributed by atoms with Crippen molar-refractivity contribution in [1.29, 1.82) is 0 Å². The summed E-state index contributed by atoms with van der Waals surface area (Å²) in [5.74, 6) is -0.196. The van der Waals surface area contributed by atoms with Crippen LogP contribution in [0, 0.1) is 0 Å². The number of primary sulfonamides is 1. The minimum Gasteiger partial charge on any atom is -0.373 e. The third kappa shape index (κ3) is 4.74. The molecule has 1 aromatic carbocycles. The van der Waals surface area contributed by atoms with Crippen molar-refractivity contribution < 1.29 is 17.9 Å². The van der Waals surface area contributed by atoms with Crippen molar-refractivity contribution in [2.75, 3.05) is 18.4 Å². The average molecular weight is 341 g/mol. The molecule has 1 aliphatic rings. The third-order valence-electron chi connectivity index (χ3n) is 3.81. The number of hydrogen-bond donors (Lipinski definition) is 2. The van der Waals surface area contributed by atoms with E-state index >= 15 is 0 Å². The molecule has 7 nitrogen and oxygen atoms in total. The molecule has 0 spiro atoms. The Kier molecular flexibility index (Phi) is 5.41. The Balaban J connectivity index is 2.07. The van der Waals surface area contributed by atoms with E-state index in [0.717, 1.165) is 0 Å². The van der Waals surface area contributed by atoms with E-state index in [2.05, 4.69) is 10.2 Å². The summed E-state index contributed by atoms with van der Waals surface area (Å²) in [5.41, 5.74) is 0.405. The monoisotopic (exact) mass is 341 g/mol. The van der Waals surface area contributed by atoms with Gasteiger partial charge >= 0.3 is 0 Å². The van der Waals surface area contributed by atoms with Crippen LogP contribution in [0.2, 0.25) is 0 Å². The van der Waals surface area contributed by atoms with E-state index < -0.39 is 10.0 Å². The van der Waals surface area contributed by atoms with Gasteiger partial charge in [0.1, 0.15) is 0 Å². The predicted molar refractivity (Wildman–Crippen MR) is 87.5 cm³/mol. The Morgan fingerprint density at radius 1 is 1.35 bits per heavy atom. The van der Waals surface area contributed by atoms with Gasteiger partial charge in [0.15, 0.2) is 0 Å². The zero-order chi connectivity index (χ0) is 17.2. The number of nitrogens with two attached hydrogens (primary N) is 1. The van der Waals surface area contributed by atoms with Gasteiger partial charge in [-0.05, 0) is 39.0 Å². The van der Waals surface area contributed by atoms with E-state index in [1.54, 1.807) is 12.1 Å². The number of amides is 1. The highest BCUT2D eigenvalue weighted by Gasteiger charge is 2.29. The molecule has 3 atom stereocenters. The molecule has 1 heterocycles. The maximum Gasteiger partial charge on any atom is 0.241 e. The molecule has 1 aromatic rings. The quantitative estimate of drug-likeness (QED) is 0.842. The maximum absolute atomic E-state index is 12.4. The fourth-order valence-electron chi connectivity index (χ4n) is 2.70. The zero-order valence-electron chi connectivity index (χ0n) is 13.5. The number of sulfonamides is 1. The van der Waals surface area contributed by atoms with Gasteiger partial charge in [-0.25, -0.2) is 13.6 Å². The lowest BCUT2D eigenvalue weighted by Crippen LogP contribution is -2.52. The molecule has 0 unspecified atom stereocenters. The fraction of sp³-hybridized carbons (Fsp3) is 0.533. The Labute approximate surface area is 136 Å². The van der Waals surface area contributed by atoms with E-state index in [0.29, 0.717) is 18.8 Å². The molecule has 23 heavy (non-hydrogen) atoms. The van der Waals surface area contributed by atoms with Crippen molar-refractivity contribution in [2.45, 2.75) is 43.9 Å². The highest BCUT2D eigenvalue weighted by Crippen LogP contribution is 2.17. The molecule has 1 aliphatic heterocycles. The van der Waals surface area contributed by atoms with E-state index in [4.69, 9.17) is 9.88 Å². The fourth-order valence-corrected chi connectivity index (χ4v) is 3.26. The number of morpholine rings is 1. The molecule has 1 fully saturated rings. The first kappa shape index (κ1) is 17.9. The summed E-state index contributed by atoms with van der Waals surface area (Å²) >= 11 is 0. The largest absolute Gasteiger partial charge is 0.373 e. The highest BCUT2D eigenvalue weighted by molar-refractivity contribution is 7.89. The van der Waals surface area contributed by atoms with E-state index in [1.807, 2.05) is 20.8 Å². The third-order valence-corrected chi connectivity index (χ3v) is 4.72. The van der Waals surface area contributed by atoms with Crippen LogP contribution < -0.4 is 10.5 Å². The van der Waals surface area contributed by atoms with E-state index in [9.17, 15) is 13.2 Å². The van der Waals surface area contributed by atoms with Gasteiger partial charge in [-0.15, -0.1) is 0 Å². The first-order valence-corrected chi connectivity index (χ1v) is 9.04. The number of carbonyl (C=O) groups is 1. The molecule has 0 radical (unpaired) electrons. The van der Waals surface area contributed by atoms with Gasteiger partial charge in [-0.1, -0.05) is 6.07 Å². The van der Waals surface area contributed by atoms with Crippen LogP contribution in [0.5, 0.6) is 0 Å². The number of carbonyl (C=O) groups excluding carboxylic acids is 1. The first-order chi connectivity index (χ1) is 10.7. The molecule has 1 amide bonds. The van der Waals surface area contributed by atoms with Crippen LogP contribution in [0.4, 0.5) is 5.69 Å². The molecule has 0 bridgehead atoms. The standard InChI is InChI=1S/C15H23N3O4S/c1-10-8-18(9-11(2)22-10)12(3)15(19)17-13-5-4-6-14(7-13)23(16,20)21/h4-7,10-12H,8-9H2,1-3H3,(H,17,19)(H2,16,20,21)/t10-,11-,12+/m1/s1. The van der Waals surface area contributed by atoms with Crippen molar-refractivity contribution in [3.63, 3.8) is 0 Å². The number of benzene rings is 1. The Hall–Kier alpha value is -1.48. The first-order valence-electron chi connectivity index (χ1n) is 7.50. The summed E-state index contributed by atoms with van der Waals surface area (Å²) in [6.07, 6.45) is 0.138. The van der Waals surface area contributed by atoms with E-state index in [-0.39, 0.29) is 29.1 Å². The van der Waals surface area contributed by atoms with Gasteiger partial charge in [-0.2, -0.15) is 0 Å². The zero-order valence-corrected chi connectivity index (χ0v) is 14.3. The van der Waals surface area contributed by atoms with Crippen LogP contribution in [0.25, 0.3) is 0 Å². The summed E-state index contributed by atoms with van der Waals surface area (Å²) in [4.78, 5) is 14.4. The van der Waals surface area contributed by atoms with Crippen molar-refractivity contribution in [3.8, 4) is 0 Å². The SMILES string of the molecule is C[C@@H]1CN([C@@H](C)C(=O)Nc2cccc(S(N)(=O)=O)c2)C[C@@H](C)O1. The lowest BCUT2D eigenvalue weighted by molar-refractivity contribution is -0.126. The molecule has 0 saturated carbocycles. The van der Waals surface area contributed by atoms with Crippen molar-refractivity contribution in [1.82, 2.24) is 4.90 Å².